The van der Waals surface area contributed by atoms with Gasteiger partial charge >= 0.3 is 12.1 Å². The minimum absolute atomic E-state index is 0.198. The third-order valence-electron chi connectivity index (χ3n) is 7.76. The fourth-order valence-electron chi connectivity index (χ4n) is 5.54. The van der Waals surface area contributed by atoms with Crippen LogP contribution < -0.4 is 15.5 Å². The molecule has 47 heavy (non-hydrogen) atoms. The maximum atomic E-state index is 12.3. The summed E-state index contributed by atoms with van der Waals surface area (Å²) in [6.07, 6.45) is 0.851. The molecule has 10 nitrogen and oxygen atoms in total. The van der Waals surface area contributed by atoms with E-state index < -0.39 is 11.7 Å². The van der Waals surface area contributed by atoms with E-state index in [9.17, 15) is 9.59 Å². The summed E-state index contributed by atoms with van der Waals surface area (Å²) in [6, 6.07) is 23.9. The monoisotopic (exact) mass is 649 g/mol. The van der Waals surface area contributed by atoms with Crippen molar-refractivity contribution >= 4 is 28.5 Å². The number of anilines is 1. The Hall–Kier alpha value is -3.70. The van der Waals surface area contributed by atoms with Gasteiger partial charge in [-0.25, -0.2) is 4.79 Å². The second-order valence-corrected chi connectivity index (χ2v) is 12.7. The molecule has 1 aliphatic rings. The third-order valence-corrected chi connectivity index (χ3v) is 7.76. The number of ether oxygens (including phenoxy) is 5. The van der Waals surface area contributed by atoms with Crippen molar-refractivity contribution < 1.29 is 33.3 Å². The number of carbonyl (C=O) groups excluding carboxylic acids is 2. The highest BCUT2D eigenvalue weighted by atomic mass is 16.6. The summed E-state index contributed by atoms with van der Waals surface area (Å²) in [5.74, 6) is -0.274. The van der Waals surface area contributed by atoms with Crippen LogP contribution in [0.3, 0.4) is 0 Å². The van der Waals surface area contributed by atoms with Crippen molar-refractivity contribution in [1.82, 2.24) is 10.6 Å². The van der Waals surface area contributed by atoms with Gasteiger partial charge in [-0.3, -0.25) is 4.79 Å². The lowest BCUT2D eigenvalue weighted by atomic mass is 9.99. The Morgan fingerprint density at radius 2 is 1.51 bits per heavy atom. The summed E-state index contributed by atoms with van der Waals surface area (Å²) < 4.78 is 26.8. The third kappa shape index (κ3) is 12.8. The zero-order valence-corrected chi connectivity index (χ0v) is 28.3. The van der Waals surface area contributed by atoms with Gasteiger partial charge in [0.25, 0.3) is 0 Å². The molecule has 1 fully saturated rings. The van der Waals surface area contributed by atoms with Gasteiger partial charge in [-0.15, -0.1) is 0 Å². The van der Waals surface area contributed by atoms with Crippen LogP contribution in [0.4, 0.5) is 10.5 Å². The number of esters is 1. The predicted molar refractivity (Wildman–Crippen MR) is 184 cm³/mol. The molecule has 1 saturated heterocycles. The molecule has 1 aliphatic heterocycles. The molecule has 0 unspecified atom stereocenters. The van der Waals surface area contributed by atoms with Crippen LogP contribution in [0.15, 0.2) is 66.7 Å². The van der Waals surface area contributed by atoms with E-state index in [2.05, 4.69) is 77.1 Å². The first-order valence-electron chi connectivity index (χ1n) is 16.6. The number of amides is 1. The molecule has 0 bridgehead atoms. The van der Waals surface area contributed by atoms with Crippen LogP contribution >= 0.6 is 0 Å². The van der Waals surface area contributed by atoms with Gasteiger partial charge in [0.05, 0.1) is 46.1 Å². The summed E-state index contributed by atoms with van der Waals surface area (Å²) >= 11 is 0. The lowest BCUT2D eigenvalue weighted by Gasteiger charge is -2.23. The van der Waals surface area contributed by atoms with Crippen LogP contribution in [0, 0.1) is 0 Å². The van der Waals surface area contributed by atoms with Gasteiger partial charge in [0.15, 0.2) is 0 Å². The molecule has 3 aromatic carbocycles. The molecule has 3 aromatic rings. The van der Waals surface area contributed by atoms with Crippen molar-refractivity contribution in [2.75, 3.05) is 70.8 Å². The largest absolute Gasteiger partial charge is 0.463 e. The lowest BCUT2D eigenvalue weighted by Crippen LogP contribution is -2.34. The molecule has 2 N–H and O–H groups in total. The van der Waals surface area contributed by atoms with E-state index in [0.29, 0.717) is 52.2 Å². The van der Waals surface area contributed by atoms with E-state index in [1.165, 1.54) is 22.0 Å². The Kier molecular flexibility index (Phi) is 14.3. The van der Waals surface area contributed by atoms with Crippen LogP contribution in [0.25, 0.3) is 10.8 Å². The first kappa shape index (κ1) is 36.1. The number of nitrogens with zero attached hydrogens (tertiary/aromatic N) is 1. The van der Waals surface area contributed by atoms with Crippen LogP contribution in [0.2, 0.25) is 0 Å². The molecule has 2 atom stereocenters. The number of benzene rings is 3. The minimum atomic E-state index is -0.521. The summed E-state index contributed by atoms with van der Waals surface area (Å²) in [7, 11) is 0. The Morgan fingerprint density at radius 3 is 2.23 bits per heavy atom. The van der Waals surface area contributed by atoms with Gasteiger partial charge in [-0.2, -0.15) is 0 Å². The molecular weight excluding hydrogens is 598 g/mol. The molecule has 0 radical (unpaired) electrons. The van der Waals surface area contributed by atoms with Crippen molar-refractivity contribution in [2.24, 2.45) is 0 Å². The molecule has 4 rings (SSSR count). The molecule has 0 spiro atoms. The van der Waals surface area contributed by atoms with Crippen molar-refractivity contribution in [3.63, 3.8) is 0 Å². The standard InChI is InChI=1S/C37H51N3O7/c1-28(33-11-7-9-30-8-5-6-10-34(30)33)39-31-16-18-40(27-31)32-14-12-29(13-15-32)26-35(41)46-25-24-45-23-22-44-21-20-43-19-17-38-36(42)47-37(2,3)4/h5-15,28,31,39H,16-27H2,1-4H3,(H,38,42)/t28-,31+/m1/s1. The van der Waals surface area contributed by atoms with E-state index in [-0.39, 0.29) is 25.0 Å². The van der Waals surface area contributed by atoms with E-state index in [0.717, 1.165) is 25.1 Å². The summed E-state index contributed by atoms with van der Waals surface area (Å²) in [6.45, 7) is 12.5. The molecule has 1 amide bonds. The van der Waals surface area contributed by atoms with Gasteiger partial charge < -0.3 is 39.2 Å². The second kappa shape index (κ2) is 18.6. The smallest absolute Gasteiger partial charge is 0.407 e. The van der Waals surface area contributed by atoms with E-state index in [1.807, 2.05) is 32.9 Å². The predicted octanol–water partition coefficient (Wildman–Crippen LogP) is 5.43. The number of nitrogens with one attached hydrogen (secondary N) is 2. The second-order valence-electron chi connectivity index (χ2n) is 12.7. The first-order valence-corrected chi connectivity index (χ1v) is 16.6. The van der Waals surface area contributed by atoms with Crippen molar-refractivity contribution in [1.29, 1.82) is 0 Å². The number of rotatable bonds is 18. The first-order chi connectivity index (χ1) is 22.7. The van der Waals surface area contributed by atoms with Gasteiger partial charge in [0.2, 0.25) is 0 Å². The zero-order chi connectivity index (χ0) is 33.5. The molecule has 0 aromatic heterocycles. The Morgan fingerprint density at radius 1 is 0.851 bits per heavy atom. The topological polar surface area (TPSA) is 108 Å². The summed E-state index contributed by atoms with van der Waals surface area (Å²) in [5, 5.41) is 9.05. The van der Waals surface area contributed by atoms with E-state index in [4.69, 9.17) is 23.7 Å². The number of hydrogen-bond donors (Lipinski definition) is 2. The molecule has 10 heteroatoms. The maximum absolute atomic E-state index is 12.3. The van der Waals surface area contributed by atoms with Crippen LogP contribution in [-0.2, 0) is 34.9 Å². The van der Waals surface area contributed by atoms with E-state index in [1.54, 1.807) is 0 Å². The summed E-state index contributed by atoms with van der Waals surface area (Å²) in [5.41, 5.74) is 2.91. The Bertz CT molecular complexity index is 1390. The number of alkyl carbamates (subject to hydrolysis) is 1. The fourth-order valence-corrected chi connectivity index (χ4v) is 5.54. The quantitative estimate of drug-likeness (QED) is 0.138. The van der Waals surface area contributed by atoms with Crippen LogP contribution in [-0.4, -0.2) is 89.6 Å². The lowest BCUT2D eigenvalue weighted by molar-refractivity contribution is -0.144. The normalized spacial score (nSPS) is 15.5. The molecule has 0 aliphatic carbocycles. The highest BCUT2D eigenvalue weighted by Gasteiger charge is 2.24. The SMILES string of the molecule is C[C@@H](N[C@H]1CCN(c2ccc(CC(=O)OCCOCCOCCOCCNC(=O)OC(C)(C)C)cc2)C1)c1cccc2ccccc12. The van der Waals surface area contributed by atoms with Gasteiger partial charge in [0, 0.05) is 37.4 Å². The highest BCUT2D eigenvalue weighted by molar-refractivity contribution is 5.86. The minimum Gasteiger partial charge on any atom is -0.463 e. The number of hydrogen-bond acceptors (Lipinski definition) is 9. The van der Waals surface area contributed by atoms with Gasteiger partial charge in [-0.05, 0) is 68.1 Å². The average Bonchev–Trinajstić information content (AvgIpc) is 3.50. The number of carbonyl (C=O) groups is 2. The Labute approximate surface area is 279 Å². The van der Waals surface area contributed by atoms with Crippen molar-refractivity contribution in [3.05, 3.63) is 77.9 Å². The van der Waals surface area contributed by atoms with Crippen molar-refractivity contribution in [3.8, 4) is 0 Å². The molecule has 256 valence electrons. The summed E-state index contributed by atoms with van der Waals surface area (Å²) in [4.78, 5) is 26.3. The van der Waals surface area contributed by atoms with Crippen molar-refractivity contribution in [2.45, 2.75) is 58.2 Å². The highest BCUT2D eigenvalue weighted by Crippen LogP contribution is 2.27. The molecular formula is C37H51N3O7. The number of fused-ring (bicyclic) bond motifs is 1. The van der Waals surface area contributed by atoms with E-state index >= 15 is 0 Å². The maximum Gasteiger partial charge on any atom is 0.407 e. The van der Waals surface area contributed by atoms with Gasteiger partial charge in [-0.1, -0.05) is 54.6 Å². The zero-order valence-electron chi connectivity index (χ0n) is 28.3. The molecule has 1 heterocycles. The van der Waals surface area contributed by atoms with Crippen LogP contribution in [0.1, 0.15) is 51.3 Å². The Balaban J connectivity index is 1.02. The van der Waals surface area contributed by atoms with Crippen LogP contribution in [0.5, 0.6) is 0 Å². The molecule has 0 saturated carbocycles. The van der Waals surface area contributed by atoms with Gasteiger partial charge in [0.1, 0.15) is 12.2 Å². The fraction of sp³-hybridized carbons (Fsp3) is 0.514. The average molecular weight is 650 g/mol.